The number of hydrogen-bond donors (Lipinski definition) is 2. The van der Waals surface area contributed by atoms with E-state index in [1.165, 1.54) is 17.9 Å². The maximum Gasteiger partial charge on any atom is 0.414 e. The van der Waals surface area contributed by atoms with E-state index < -0.39 is 18.0 Å². The van der Waals surface area contributed by atoms with Crippen LogP contribution < -0.4 is 15.5 Å². The Morgan fingerprint density at radius 1 is 1.18 bits per heavy atom. The van der Waals surface area contributed by atoms with Crippen molar-refractivity contribution in [1.82, 2.24) is 15.5 Å². The molecule has 2 saturated heterocycles. The van der Waals surface area contributed by atoms with E-state index in [1.807, 2.05) is 12.1 Å². The van der Waals surface area contributed by atoms with Crippen molar-refractivity contribution < 1.29 is 23.5 Å². The highest BCUT2D eigenvalue weighted by Gasteiger charge is 2.32. The molecule has 4 rings (SSSR count). The first-order valence-corrected chi connectivity index (χ1v) is 11.2. The lowest BCUT2D eigenvalue weighted by molar-refractivity contribution is -0.126. The molecule has 3 amide bonds. The van der Waals surface area contributed by atoms with Crippen LogP contribution in [0.1, 0.15) is 12.5 Å². The first kappa shape index (κ1) is 23.4. The van der Waals surface area contributed by atoms with Gasteiger partial charge in [-0.25, -0.2) is 9.18 Å². The summed E-state index contributed by atoms with van der Waals surface area (Å²) in [6, 6.07) is 11.8. The molecule has 0 aromatic heterocycles. The Morgan fingerprint density at radius 3 is 2.59 bits per heavy atom. The first-order chi connectivity index (χ1) is 16.4. The second-order valence-electron chi connectivity index (χ2n) is 8.25. The van der Waals surface area contributed by atoms with Gasteiger partial charge in [-0.3, -0.25) is 14.5 Å². The number of halogens is 1. The van der Waals surface area contributed by atoms with E-state index in [-0.39, 0.29) is 24.9 Å². The van der Waals surface area contributed by atoms with Crippen molar-refractivity contribution in [2.75, 3.05) is 44.2 Å². The van der Waals surface area contributed by atoms with Gasteiger partial charge in [0.15, 0.2) is 0 Å². The topological polar surface area (TPSA) is 91.0 Å². The number of cyclic esters (lactones) is 1. The van der Waals surface area contributed by atoms with Crippen LogP contribution in [-0.2, 0) is 14.3 Å². The number of piperazine rings is 1. The molecular formula is C25H27FN4O4. The van der Waals surface area contributed by atoms with Crippen LogP contribution in [0.3, 0.4) is 0 Å². The Kier molecular flexibility index (Phi) is 7.22. The van der Waals surface area contributed by atoms with Crippen molar-refractivity contribution in [3.8, 4) is 11.1 Å². The number of amides is 3. The Bertz CT molecular complexity index is 1100. The molecule has 178 valence electrons. The van der Waals surface area contributed by atoms with Gasteiger partial charge in [-0.15, -0.1) is 0 Å². The standard InChI is InChI=1S/C25H27FN4O4/c1-17(31)28-15-21-16-30(25(33)34-21)20-7-8-22(23(26)14-20)19-5-2-18(3-6-19)4-9-24(32)29-12-10-27-11-13-29/h2-9,14,21,27H,10-13,15-16H2,1H3,(H,28,31)/b9-4+/t21-/m0/s1. The zero-order valence-electron chi connectivity index (χ0n) is 18.9. The van der Waals surface area contributed by atoms with Crippen LogP contribution in [0.2, 0.25) is 0 Å². The third-order valence-corrected chi connectivity index (χ3v) is 5.79. The number of nitrogens with zero attached hydrogens (tertiary/aromatic N) is 2. The number of carbonyl (C=O) groups is 3. The molecule has 2 aliphatic rings. The van der Waals surface area contributed by atoms with E-state index in [0.717, 1.165) is 18.7 Å². The lowest BCUT2D eigenvalue weighted by Gasteiger charge is -2.26. The molecule has 9 heteroatoms. The van der Waals surface area contributed by atoms with Crippen LogP contribution in [0.4, 0.5) is 14.9 Å². The van der Waals surface area contributed by atoms with Crippen molar-refractivity contribution in [3.05, 3.63) is 59.9 Å². The maximum atomic E-state index is 14.9. The number of benzene rings is 2. The summed E-state index contributed by atoms with van der Waals surface area (Å²) < 4.78 is 20.2. The molecule has 0 spiro atoms. The molecule has 2 fully saturated rings. The third-order valence-electron chi connectivity index (χ3n) is 5.79. The smallest absolute Gasteiger partial charge is 0.414 e. The molecule has 0 unspecified atom stereocenters. The zero-order chi connectivity index (χ0) is 24.1. The molecule has 8 nitrogen and oxygen atoms in total. The number of anilines is 1. The van der Waals surface area contributed by atoms with Crippen LogP contribution >= 0.6 is 0 Å². The van der Waals surface area contributed by atoms with Crippen LogP contribution in [0.15, 0.2) is 48.5 Å². The number of rotatable bonds is 6. The molecule has 0 bridgehead atoms. The molecule has 2 N–H and O–H groups in total. The van der Waals surface area contributed by atoms with Crippen LogP contribution in [0, 0.1) is 5.82 Å². The summed E-state index contributed by atoms with van der Waals surface area (Å²) in [6.45, 7) is 4.82. The van der Waals surface area contributed by atoms with Crippen molar-refractivity contribution in [2.45, 2.75) is 13.0 Å². The van der Waals surface area contributed by atoms with Gasteiger partial charge in [0.1, 0.15) is 11.9 Å². The number of carbonyl (C=O) groups excluding carboxylic acids is 3. The fourth-order valence-electron chi connectivity index (χ4n) is 3.93. The number of nitrogens with one attached hydrogen (secondary N) is 2. The SMILES string of the molecule is CC(=O)NC[C@H]1CN(c2ccc(-c3ccc(/C=C/C(=O)N4CCNCC4)cc3)c(F)c2)C(=O)O1. The predicted octanol–water partition coefficient (Wildman–Crippen LogP) is 2.40. The largest absolute Gasteiger partial charge is 0.442 e. The molecule has 0 saturated carbocycles. The second kappa shape index (κ2) is 10.5. The van der Waals surface area contributed by atoms with E-state index in [1.54, 1.807) is 41.3 Å². The zero-order valence-corrected chi connectivity index (χ0v) is 18.9. The first-order valence-electron chi connectivity index (χ1n) is 11.2. The maximum absolute atomic E-state index is 14.9. The molecule has 2 aliphatic heterocycles. The molecule has 0 aliphatic carbocycles. The molecule has 0 radical (unpaired) electrons. The summed E-state index contributed by atoms with van der Waals surface area (Å²) in [5.41, 5.74) is 2.32. The highest BCUT2D eigenvalue weighted by molar-refractivity contribution is 5.92. The summed E-state index contributed by atoms with van der Waals surface area (Å²) >= 11 is 0. The van der Waals surface area contributed by atoms with E-state index in [2.05, 4.69) is 10.6 Å². The molecule has 34 heavy (non-hydrogen) atoms. The van der Waals surface area contributed by atoms with Crippen LogP contribution in [0.25, 0.3) is 17.2 Å². The van der Waals surface area contributed by atoms with Gasteiger partial charge in [0.25, 0.3) is 0 Å². The highest BCUT2D eigenvalue weighted by atomic mass is 19.1. The molecule has 2 heterocycles. The average molecular weight is 467 g/mol. The van der Waals surface area contributed by atoms with Gasteiger partial charge in [-0.1, -0.05) is 24.3 Å². The minimum atomic E-state index is -0.575. The molecule has 2 aromatic carbocycles. The monoisotopic (exact) mass is 466 g/mol. The van der Waals surface area contributed by atoms with Gasteiger partial charge in [0.05, 0.1) is 18.8 Å². The normalized spacial score (nSPS) is 18.3. The fraction of sp³-hybridized carbons (Fsp3) is 0.320. The Morgan fingerprint density at radius 2 is 1.91 bits per heavy atom. The van der Waals surface area contributed by atoms with E-state index in [4.69, 9.17) is 4.74 Å². The predicted molar refractivity (Wildman–Crippen MR) is 127 cm³/mol. The lowest BCUT2D eigenvalue weighted by atomic mass is 10.0. The van der Waals surface area contributed by atoms with Gasteiger partial charge >= 0.3 is 6.09 Å². The summed E-state index contributed by atoms with van der Waals surface area (Å²) in [4.78, 5) is 38.7. The van der Waals surface area contributed by atoms with Crippen LogP contribution in [0.5, 0.6) is 0 Å². The molecule has 1 atom stereocenters. The second-order valence-corrected chi connectivity index (χ2v) is 8.25. The Labute approximate surface area is 197 Å². The average Bonchev–Trinajstić information content (AvgIpc) is 3.22. The van der Waals surface area contributed by atoms with E-state index in [9.17, 15) is 18.8 Å². The van der Waals surface area contributed by atoms with Gasteiger partial charge in [0, 0.05) is 44.7 Å². The summed E-state index contributed by atoms with van der Waals surface area (Å²) in [7, 11) is 0. The Balaban J connectivity index is 1.41. The fourth-order valence-corrected chi connectivity index (χ4v) is 3.93. The quantitative estimate of drug-likeness (QED) is 0.638. The molecular weight excluding hydrogens is 439 g/mol. The summed E-state index contributed by atoms with van der Waals surface area (Å²) in [5, 5.41) is 5.83. The van der Waals surface area contributed by atoms with Gasteiger partial charge in [0.2, 0.25) is 11.8 Å². The summed E-state index contributed by atoms with van der Waals surface area (Å²) in [6.07, 6.45) is 2.25. The van der Waals surface area contributed by atoms with Gasteiger partial charge in [-0.05, 0) is 35.4 Å². The minimum absolute atomic E-state index is 0.0213. The van der Waals surface area contributed by atoms with Crippen molar-refractivity contribution in [1.29, 1.82) is 0 Å². The van der Waals surface area contributed by atoms with Crippen molar-refractivity contribution >= 4 is 29.7 Å². The number of hydrogen-bond acceptors (Lipinski definition) is 5. The van der Waals surface area contributed by atoms with Crippen LogP contribution in [-0.4, -0.2) is 68.2 Å². The van der Waals surface area contributed by atoms with E-state index in [0.29, 0.717) is 29.9 Å². The van der Waals surface area contributed by atoms with Gasteiger partial charge in [-0.2, -0.15) is 0 Å². The minimum Gasteiger partial charge on any atom is -0.442 e. The Hall–Kier alpha value is -3.72. The molecule has 2 aromatic rings. The third kappa shape index (κ3) is 5.60. The number of ether oxygens (including phenoxy) is 1. The summed E-state index contributed by atoms with van der Waals surface area (Å²) in [5.74, 6) is -0.697. The highest BCUT2D eigenvalue weighted by Crippen LogP contribution is 2.29. The lowest BCUT2D eigenvalue weighted by Crippen LogP contribution is -2.45. The van der Waals surface area contributed by atoms with Gasteiger partial charge < -0.3 is 20.3 Å². The van der Waals surface area contributed by atoms with E-state index >= 15 is 0 Å². The van der Waals surface area contributed by atoms with Crippen molar-refractivity contribution in [3.63, 3.8) is 0 Å². The van der Waals surface area contributed by atoms with Crippen molar-refractivity contribution in [2.24, 2.45) is 0 Å².